The fourth-order valence-corrected chi connectivity index (χ4v) is 2.37. The van der Waals surface area contributed by atoms with Crippen LogP contribution in [0, 0.1) is 5.41 Å². The third-order valence-corrected chi connectivity index (χ3v) is 3.60. The normalized spacial score (nSPS) is 13.4. The number of rotatable bonds is 4. The second-order valence-electron chi connectivity index (χ2n) is 6.31. The van der Waals surface area contributed by atoms with Gasteiger partial charge in [-0.3, -0.25) is 9.97 Å². The van der Waals surface area contributed by atoms with E-state index in [9.17, 15) is 0 Å². The van der Waals surface area contributed by atoms with Crippen molar-refractivity contribution < 1.29 is 0 Å². The first-order chi connectivity index (χ1) is 9.43. The summed E-state index contributed by atoms with van der Waals surface area (Å²) in [4.78, 5) is 8.76. The first-order valence-corrected chi connectivity index (χ1v) is 7.19. The largest absolute Gasteiger partial charge is 0.396 e. The molecule has 0 saturated heterocycles. The zero-order chi connectivity index (χ0) is 14.8. The van der Waals surface area contributed by atoms with Gasteiger partial charge in [0.1, 0.15) is 5.52 Å². The Kier molecular flexibility index (Phi) is 4.12. The highest BCUT2D eigenvalue weighted by atomic mass is 15.0. The number of fused-ring (bicyclic) bond motifs is 1. The van der Waals surface area contributed by atoms with Gasteiger partial charge >= 0.3 is 0 Å². The number of pyridine rings is 2. The SMILES string of the molecule is CCCC(Nc1c(N)cnc2cccnc12)C(C)(C)C. The molecule has 2 aromatic rings. The topological polar surface area (TPSA) is 63.8 Å². The summed E-state index contributed by atoms with van der Waals surface area (Å²) in [6.07, 6.45) is 5.71. The van der Waals surface area contributed by atoms with Crippen LogP contribution in [0.3, 0.4) is 0 Å². The van der Waals surface area contributed by atoms with Gasteiger partial charge in [-0.25, -0.2) is 0 Å². The molecule has 2 rings (SSSR count). The van der Waals surface area contributed by atoms with Gasteiger partial charge in [-0.15, -0.1) is 0 Å². The van der Waals surface area contributed by atoms with E-state index in [4.69, 9.17) is 5.73 Å². The Hall–Kier alpha value is -1.84. The maximum atomic E-state index is 6.11. The molecule has 108 valence electrons. The quantitative estimate of drug-likeness (QED) is 0.887. The zero-order valence-corrected chi connectivity index (χ0v) is 12.8. The van der Waals surface area contributed by atoms with Crippen molar-refractivity contribution in [3.8, 4) is 0 Å². The molecule has 0 aliphatic carbocycles. The van der Waals surface area contributed by atoms with Gasteiger partial charge < -0.3 is 11.1 Å². The summed E-state index contributed by atoms with van der Waals surface area (Å²) in [6, 6.07) is 4.20. The van der Waals surface area contributed by atoms with E-state index >= 15 is 0 Å². The number of nitrogens with one attached hydrogen (secondary N) is 1. The lowest BCUT2D eigenvalue weighted by molar-refractivity contribution is 0.324. The fraction of sp³-hybridized carbons (Fsp3) is 0.500. The number of aromatic nitrogens is 2. The molecule has 2 aromatic heterocycles. The van der Waals surface area contributed by atoms with Crippen LogP contribution in [0.5, 0.6) is 0 Å². The second kappa shape index (κ2) is 5.65. The van der Waals surface area contributed by atoms with Crippen molar-refractivity contribution in [2.45, 2.75) is 46.6 Å². The molecular weight excluding hydrogens is 248 g/mol. The molecular formula is C16H24N4. The average molecular weight is 272 g/mol. The van der Waals surface area contributed by atoms with Crippen molar-refractivity contribution in [1.29, 1.82) is 0 Å². The minimum absolute atomic E-state index is 0.160. The van der Waals surface area contributed by atoms with E-state index in [-0.39, 0.29) is 5.41 Å². The van der Waals surface area contributed by atoms with E-state index in [0.717, 1.165) is 29.6 Å². The van der Waals surface area contributed by atoms with Crippen molar-refractivity contribution in [2.75, 3.05) is 11.1 Å². The third-order valence-electron chi connectivity index (χ3n) is 3.60. The lowest BCUT2D eigenvalue weighted by Gasteiger charge is -2.32. The molecule has 0 aromatic carbocycles. The van der Waals surface area contributed by atoms with Crippen LogP contribution in [-0.4, -0.2) is 16.0 Å². The van der Waals surface area contributed by atoms with Crippen molar-refractivity contribution in [3.63, 3.8) is 0 Å². The van der Waals surface area contributed by atoms with Gasteiger partial charge in [0, 0.05) is 12.2 Å². The van der Waals surface area contributed by atoms with E-state index in [0.29, 0.717) is 11.7 Å². The van der Waals surface area contributed by atoms with Gasteiger partial charge in [-0.05, 0) is 24.0 Å². The van der Waals surface area contributed by atoms with Gasteiger partial charge in [-0.1, -0.05) is 34.1 Å². The van der Waals surface area contributed by atoms with Gasteiger partial charge in [0.05, 0.1) is 23.1 Å². The molecule has 20 heavy (non-hydrogen) atoms. The lowest BCUT2D eigenvalue weighted by Crippen LogP contribution is -2.34. The van der Waals surface area contributed by atoms with Crippen molar-refractivity contribution in [1.82, 2.24) is 9.97 Å². The summed E-state index contributed by atoms with van der Waals surface area (Å²) < 4.78 is 0. The van der Waals surface area contributed by atoms with Gasteiger partial charge in [0.15, 0.2) is 0 Å². The Morgan fingerprint density at radius 2 is 2.05 bits per heavy atom. The number of nitrogens with two attached hydrogens (primary N) is 1. The number of anilines is 2. The smallest absolute Gasteiger partial charge is 0.114 e. The number of hydrogen-bond acceptors (Lipinski definition) is 4. The van der Waals surface area contributed by atoms with Crippen LogP contribution in [0.25, 0.3) is 11.0 Å². The van der Waals surface area contributed by atoms with Crippen LogP contribution in [0.4, 0.5) is 11.4 Å². The Balaban J connectivity index is 2.44. The second-order valence-corrected chi connectivity index (χ2v) is 6.31. The highest BCUT2D eigenvalue weighted by molar-refractivity contribution is 5.93. The number of nitrogen functional groups attached to an aromatic ring is 1. The van der Waals surface area contributed by atoms with E-state index in [1.165, 1.54) is 0 Å². The first kappa shape index (κ1) is 14.6. The van der Waals surface area contributed by atoms with Crippen molar-refractivity contribution in [3.05, 3.63) is 24.5 Å². The molecule has 0 amide bonds. The van der Waals surface area contributed by atoms with Crippen LogP contribution < -0.4 is 11.1 Å². The van der Waals surface area contributed by atoms with Crippen molar-refractivity contribution in [2.24, 2.45) is 5.41 Å². The van der Waals surface area contributed by atoms with Crippen LogP contribution in [0.15, 0.2) is 24.5 Å². The number of nitrogens with zero attached hydrogens (tertiary/aromatic N) is 2. The first-order valence-electron chi connectivity index (χ1n) is 7.19. The summed E-state index contributed by atoms with van der Waals surface area (Å²) in [6.45, 7) is 8.93. The molecule has 1 unspecified atom stereocenters. The summed E-state index contributed by atoms with van der Waals surface area (Å²) in [5.74, 6) is 0. The Labute approximate surface area is 120 Å². The van der Waals surface area contributed by atoms with Crippen LogP contribution in [-0.2, 0) is 0 Å². The van der Waals surface area contributed by atoms with E-state index in [2.05, 4.69) is 43.0 Å². The summed E-state index contributed by atoms with van der Waals surface area (Å²) >= 11 is 0. The third kappa shape index (κ3) is 3.00. The Bertz CT molecular complexity index is 587. The average Bonchev–Trinajstić information content (AvgIpc) is 2.40. The molecule has 0 saturated carbocycles. The maximum Gasteiger partial charge on any atom is 0.114 e. The standard InChI is InChI=1S/C16H24N4/c1-5-7-13(16(2,3)4)20-14-11(17)10-19-12-8-6-9-18-15(12)14/h6,8-10,13H,5,7,17H2,1-4H3,(H,19,20). The predicted octanol–water partition coefficient (Wildman–Crippen LogP) is 3.84. The van der Waals surface area contributed by atoms with E-state index in [1.807, 2.05) is 12.1 Å². The molecule has 1 atom stereocenters. The molecule has 3 N–H and O–H groups in total. The molecule has 0 fully saturated rings. The molecule has 0 radical (unpaired) electrons. The fourth-order valence-electron chi connectivity index (χ4n) is 2.37. The van der Waals surface area contributed by atoms with Gasteiger partial charge in [0.25, 0.3) is 0 Å². The summed E-state index contributed by atoms with van der Waals surface area (Å²) in [5.41, 5.74) is 9.54. The molecule has 0 aliphatic heterocycles. The molecule has 0 bridgehead atoms. The molecule has 2 heterocycles. The number of hydrogen-bond donors (Lipinski definition) is 2. The molecule has 0 spiro atoms. The molecule has 4 nitrogen and oxygen atoms in total. The summed E-state index contributed by atoms with van der Waals surface area (Å²) in [7, 11) is 0. The monoisotopic (exact) mass is 272 g/mol. The molecule has 4 heteroatoms. The van der Waals surface area contributed by atoms with Gasteiger partial charge in [-0.2, -0.15) is 0 Å². The maximum absolute atomic E-state index is 6.11. The Morgan fingerprint density at radius 3 is 2.70 bits per heavy atom. The zero-order valence-electron chi connectivity index (χ0n) is 12.8. The molecule has 0 aliphatic rings. The van der Waals surface area contributed by atoms with Gasteiger partial charge in [0.2, 0.25) is 0 Å². The Morgan fingerprint density at radius 1 is 1.30 bits per heavy atom. The highest BCUT2D eigenvalue weighted by Crippen LogP contribution is 2.32. The minimum atomic E-state index is 0.160. The van der Waals surface area contributed by atoms with E-state index in [1.54, 1.807) is 12.4 Å². The van der Waals surface area contributed by atoms with Crippen LogP contribution >= 0.6 is 0 Å². The van der Waals surface area contributed by atoms with Crippen molar-refractivity contribution >= 4 is 22.4 Å². The van der Waals surface area contributed by atoms with Crippen LogP contribution in [0.2, 0.25) is 0 Å². The van der Waals surface area contributed by atoms with E-state index < -0.39 is 0 Å². The minimum Gasteiger partial charge on any atom is -0.396 e. The highest BCUT2D eigenvalue weighted by Gasteiger charge is 2.25. The lowest BCUT2D eigenvalue weighted by atomic mass is 9.84. The predicted molar refractivity (Wildman–Crippen MR) is 85.7 cm³/mol. The van der Waals surface area contributed by atoms with Crippen LogP contribution in [0.1, 0.15) is 40.5 Å². The summed E-state index contributed by atoms with van der Waals surface area (Å²) in [5, 5.41) is 3.60.